The van der Waals surface area contributed by atoms with Crippen molar-refractivity contribution in [2.45, 2.75) is 13.8 Å². The van der Waals surface area contributed by atoms with Crippen LogP contribution in [-0.2, 0) is 9.59 Å². The first-order chi connectivity index (χ1) is 8.47. The van der Waals surface area contributed by atoms with Crippen LogP contribution in [-0.4, -0.2) is 17.0 Å². The molecule has 1 rings (SSSR count). The lowest BCUT2D eigenvalue weighted by molar-refractivity contribution is -0.131. The highest BCUT2D eigenvalue weighted by atomic mass is 16.4. The third-order valence-electron chi connectivity index (χ3n) is 1.99. The molecule has 1 amide bonds. The smallest absolute Gasteiger partial charge is 0.328 e. The summed E-state index contributed by atoms with van der Waals surface area (Å²) in [6.45, 7) is 3.68. The fraction of sp³-hybridized carbons (Fsp3) is 0.143. The normalized spacial score (nSPS) is 10.1. The van der Waals surface area contributed by atoms with E-state index in [2.05, 4.69) is 5.32 Å². The van der Waals surface area contributed by atoms with Gasteiger partial charge in [-0.15, -0.1) is 0 Å². The molecule has 0 saturated heterocycles. The molecule has 0 bridgehead atoms. The number of hydrogen-bond donors (Lipinski definition) is 2. The second kappa shape index (κ2) is 6.39. The lowest BCUT2D eigenvalue weighted by Crippen LogP contribution is -2.08. The molecule has 0 aliphatic rings. The van der Waals surface area contributed by atoms with E-state index >= 15 is 0 Å². The minimum absolute atomic E-state index is 0.200. The van der Waals surface area contributed by atoms with E-state index in [1.54, 1.807) is 24.3 Å². The fourth-order valence-electron chi connectivity index (χ4n) is 1.33. The van der Waals surface area contributed by atoms with Crippen molar-refractivity contribution in [1.82, 2.24) is 0 Å². The monoisotopic (exact) mass is 245 g/mol. The minimum atomic E-state index is -1.01. The van der Waals surface area contributed by atoms with Gasteiger partial charge in [0.05, 0.1) is 0 Å². The first-order valence-electron chi connectivity index (χ1n) is 5.44. The van der Waals surface area contributed by atoms with E-state index in [9.17, 15) is 9.59 Å². The van der Waals surface area contributed by atoms with Crippen molar-refractivity contribution in [1.29, 1.82) is 0 Å². The summed E-state index contributed by atoms with van der Waals surface area (Å²) in [5.41, 5.74) is 2.26. The Morgan fingerprint density at radius 3 is 2.61 bits per heavy atom. The number of anilines is 1. The molecule has 94 valence electrons. The van der Waals surface area contributed by atoms with Crippen LogP contribution in [0, 0.1) is 0 Å². The Morgan fingerprint density at radius 1 is 1.28 bits per heavy atom. The van der Waals surface area contributed by atoms with Gasteiger partial charge in [-0.3, -0.25) is 4.79 Å². The number of hydrogen-bond acceptors (Lipinski definition) is 2. The molecule has 0 fully saturated rings. The van der Waals surface area contributed by atoms with Crippen molar-refractivity contribution >= 4 is 23.6 Å². The summed E-state index contributed by atoms with van der Waals surface area (Å²) < 4.78 is 0. The Labute approximate surface area is 106 Å². The molecule has 0 unspecified atom stereocenters. The van der Waals surface area contributed by atoms with Gasteiger partial charge in [0.2, 0.25) is 5.91 Å². The summed E-state index contributed by atoms with van der Waals surface area (Å²) >= 11 is 0. The molecule has 4 nitrogen and oxygen atoms in total. The van der Waals surface area contributed by atoms with Crippen LogP contribution < -0.4 is 5.32 Å². The van der Waals surface area contributed by atoms with Crippen LogP contribution >= 0.6 is 0 Å². The molecule has 18 heavy (non-hydrogen) atoms. The van der Waals surface area contributed by atoms with Crippen LogP contribution in [0.3, 0.4) is 0 Å². The number of rotatable bonds is 4. The summed E-state index contributed by atoms with van der Waals surface area (Å²) in [6.07, 6.45) is 4.02. The molecule has 1 aromatic carbocycles. The molecule has 1 aromatic rings. The summed E-state index contributed by atoms with van der Waals surface area (Å²) in [5, 5.41) is 11.2. The van der Waals surface area contributed by atoms with E-state index in [4.69, 9.17) is 5.11 Å². The molecule has 0 aliphatic carbocycles. The van der Waals surface area contributed by atoms with Crippen LogP contribution in [0.25, 0.3) is 6.08 Å². The van der Waals surface area contributed by atoms with Gasteiger partial charge in [0, 0.05) is 17.8 Å². The number of nitrogens with one attached hydrogen (secondary N) is 1. The first-order valence-corrected chi connectivity index (χ1v) is 5.44. The summed E-state index contributed by atoms with van der Waals surface area (Å²) in [4.78, 5) is 21.9. The van der Waals surface area contributed by atoms with Gasteiger partial charge in [0.15, 0.2) is 0 Å². The van der Waals surface area contributed by atoms with Crippen LogP contribution in [0.4, 0.5) is 5.69 Å². The van der Waals surface area contributed by atoms with Gasteiger partial charge >= 0.3 is 5.97 Å². The van der Waals surface area contributed by atoms with Gasteiger partial charge in [0.1, 0.15) is 0 Å². The molecule has 2 N–H and O–H groups in total. The van der Waals surface area contributed by atoms with Crippen molar-refractivity contribution in [3.05, 3.63) is 47.6 Å². The predicted octanol–water partition coefficient (Wildman–Crippen LogP) is 2.69. The number of carboxylic acid groups (broad SMARTS) is 1. The van der Waals surface area contributed by atoms with Crippen LogP contribution in [0.1, 0.15) is 19.4 Å². The van der Waals surface area contributed by atoms with E-state index in [-0.39, 0.29) is 5.91 Å². The minimum Gasteiger partial charge on any atom is -0.478 e. The first kappa shape index (κ1) is 13.7. The van der Waals surface area contributed by atoms with Gasteiger partial charge in [-0.1, -0.05) is 17.7 Å². The quantitative estimate of drug-likeness (QED) is 0.801. The van der Waals surface area contributed by atoms with E-state index < -0.39 is 5.97 Å². The fourth-order valence-corrected chi connectivity index (χ4v) is 1.33. The molecule has 0 heterocycles. The van der Waals surface area contributed by atoms with E-state index in [0.717, 1.165) is 11.6 Å². The molecule has 0 aromatic heterocycles. The van der Waals surface area contributed by atoms with E-state index in [1.165, 1.54) is 12.2 Å². The zero-order valence-electron chi connectivity index (χ0n) is 10.3. The van der Waals surface area contributed by atoms with Gasteiger partial charge in [-0.25, -0.2) is 4.79 Å². The lowest BCUT2D eigenvalue weighted by atomic mass is 10.2. The number of carboxylic acids is 1. The topological polar surface area (TPSA) is 66.4 Å². The maximum Gasteiger partial charge on any atom is 0.328 e. The number of aliphatic carboxylic acids is 1. The highest BCUT2D eigenvalue weighted by Crippen LogP contribution is 2.12. The average molecular weight is 245 g/mol. The molecular weight excluding hydrogens is 230 g/mol. The molecule has 0 atom stereocenters. The summed E-state index contributed by atoms with van der Waals surface area (Å²) in [6, 6.07) is 6.96. The zero-order chi connectivity index (χ0) is 13.5. The van der Waals surface area contributed by atoms with Gasteiger partial charge in [-0.2, -0.15) is 0 Å². The third kappa shape index (κ3) is 5.12. The summed E-state index contributed by atoms with van der Waals surface area (Å²) in [7, 11) is 0. The van der Waals surface area contributed by atoms with Crippen LogP contribution in [0.5, 0.6) is 0 Å². The Bertz CT molecular complexity index is 512. The SMILES string of the molecule is CC(C)=CC(=O)Nc1cccc(/C=C/C(=O)O)c1. The molecule has 0 radical (unpaired) electrons. The zero-order valence-corrected chi connectivity index (χ0v) is 10.3. The van der Waals surface area contributed by atoms with Crippen molar-refractivity contribution < 1.29 is 14.7 Å². The highest BCUT2D eigenvalue weighted by molar-refractivity contribution is 5.99. The number of amides is 1. The van der Waals surface area contributed by atoms with Crippen molar-refractivity contribution in [3.8, 4) is 0 Å². The maximum atomic E-state index is 11.5. The molecule has 0 saturated carbocycles. The lowest BCUT2D eigenvalue weighted by Gasteiger charge is -2.03. The Balaban J connectivity index is 2.80. The Morgan fingerprint density at radius 2 is 2.00 bits per heavy atom. The van der Waals surface area contributed by atoms with Gasteiger partial charge in [0.25, 0.3) is 0 Å². The number of carbonyl (C=O) groups is 2. The maximum absolute atomic E-state index is 11.5. The van der Waals surface area contributed by atoms with Gasteiger partial charge < -0.3 is 10.4 Å². The standard InChI is InChI=1S/C14H15NO3/c1-10(2)8-13(16)15-12-5-3-4-11(9-12)6-7-14(17)18/h3-9H,1-2H3,(H,15,16)(H,17,18)/b7-6+. The molecule has 4 heteroatoms. The molecule has 0 spiro atoms. The second-order valence-corrected chi connectivity index (χ2v) is 4.01. The van der Waals surface area contributed by atoms with E-state index in [0.29, 0.717) is 11.3 Å². The highest BCUT2D eigenvalue weighted by Gasteiger charge is 1.99. The summed E-state index contributed by atoms with van der Waals surface area (Å²) in [5.74, 6) is -1.21. The predicted molar refractivity (Wildman–Crippen MR) is 71.2 cm³/mol. The third-order valence-corrected chi connectivity index (χ3v) is 1.99. The largest absolute Gasteiger partial charge is 0.478 e. The van der Waals surface area contributed by atoms with E-state index in [1.807, 2.05) is 13.8 Å². The van der Waals surface area contributed by atoms with Crippen molar-refractivity contribution in [3.63, 3.8) is 0 Å². The molecular formula is C14H15NO3. The van der Waals surface area contributed by atoms with Crippen LogP contribution in [0.2, 0.25) is 0 Å². The molecule has 0 aliphatic heterocycles. The van der Waals surface area contributed by atoms with Crippen LogP contribution in [0.15, 0.2) is 42.0 Å². The number of benzene rings is 1. The van der Waals surface area contributed by atoms with Crippen molar-refractivity contribution in [2.75, 3.05) is 5.32 Å². The van der Waals surface area contributed by atoms with Crippen molar-refractivity contribution in [2.24, 2.45) is 0 Å². The number of carbonyl (C=O) groups excluding carboxylic acids is 1. The van der Waals surface area contributed by atoms with Gasteiger partial charge in [-0.05, 0) is 37.6 Å². The Hall–Kier alpha value is -2.36. The second-order valence-electron chi connectivity index (χ2n) is 4.01. The number of allylic oxidation sites excluding steroid dienone is 1. The Kier molecular flexibility index (Phi) is 4.87. The average Bonchev–Trinajstić information content (AvgIpc) is 2.25.